The molecule has 1 aromatic rings. The highest BCUT2D eigenvalue weighted by Gasteiger charge is 2.32. The first-order valence-electron chi connectivity index (χ1n) is 8.88. The predicted octanol–water partition coefficient (Wildman–Crippen LogP) is 2.93. The quantitative estimate of drug-likeness (QED) is 0.798. The minimum absolute atomic E-state index is 0.187. The highest BCUT2D eigenvalue weighted by atomic mass is 79.9. The van der Waals surface area contributed by atoms with E-state index in [1.807, 2.05) is 13.0 Å². The van der Waals surface area contributed by atoms with Gasteiger partial charge >= 0.3 is 0 Å². The van der Waals surface area contributed by atoms with Gasteiger partial charge in [-0.2, -0.15) is 0 Å². The van der Waals surface area contributed by atoms with E-state index in [9.17, 15) is 5.11 Å². The van der Waals surface area contributed by atoms with Gasteiger partial charge in [-0.15, -0.1) is 0 Å². The zero-order valence-electron chi connectivity index (χ0n) is 14.3. The molecule has 0 amide bonds. The van der Waals surface area contributed by atoms with Crippen molar-refractivity contribution >= 4 is 15.9 Å². The number of hydrogen-bond acceptors (Lipinski definition) is 5. The van der Waals surface area contributed by atoms with Gasteiger partial charge in [0.25, 0.3) is 0 Å². The van der Waals surface area contributed by atoms with Gasteiger partial charge in [-0.1, -0.05) is 0 Å². The fraction of sp³-hybridized carbons (Fsp3) is 0.667. The zero-order chi connectivity index (χ0) is 16.9. The Balaban J connectivity index is 1.94. The number of nitrogens with one attached hydrogen (secondary N) is 1. The summed E-state index contributed by atoms with van der Waals surface area (Å²) in [5, 5.41) is 13.7. The molecule has 2 aliphatic heterocycles. The molecule has 0 spiro atoms. The number of phenolic OH excluding ortho intramolecular Hbond substituents is 1. The Morgan fingerprint density at radius 2 is 2.04 bits per heavy atom. The SMILES string of the molecule is CCOc1cc([C@@H](C2CCOCC2)N2CCNCC2)cc(Br)c1O. The molecule has 0 saturated carbocycles. The Morgan fingerprint density at radius 1 is 1.33 bits per heavy atom. The summed E-state index contributed by atoms with van der Waals surface area (Å²) < 4.78 is 11.9. The number of benzene rings is 1. The third-order valence-electron chi connectivity index (χ3n) is 4.95. The lowest BCUT2D eigenvalue weighted by Gasteiger charge is -2.41. The molecular formula is C18H27BrN2O3. The second-order valence-electron chi connectivity index (χ2n) is 6.46. The Morgan fingerprint density at radius 3 is 2.71 bits per heavy atom. The molecule has 2 N–H and O–H groups in total. The molecule has 2 aliphatic rings. The molecule has 6 heteroatoms. The largest absolute Gasteiger partial charge is 0.503 e. The maximum atomic E-state index is 10.2. The normalized spacial score (nSPS) is 21.6. The smallest absolute Gasteiger partial charge is 0.172 e. The van der Waals surface area contributed by atoms with E-state index < -0.39 is 0 Å². The summed E-state index contributed by atoms with van der Waals surface area (Å²) in [4.78, 5) is 2.57. The third-order valence-corrected chi connectivity index (χ3v) is 5.55. The van der Waals surface area contributed by atoms with Crippen LogP contribution in [0.15, 0.2) is 16.6 Å². The molecule has 3 rings (SSSR count). The number of hydrogen-bond donors (Lipinski definition) is 2. The van der Waals surface area contributed by atoms with Crippen molar-refractivity contribution in [3.63, 3.8) is 0 Å². The molecule has 0 radical (unpaired) electrons. The van der Waals surface area contributed by atoms with Gasteiger partial charge in [0.2, 0.25) is 0 Å². The minimum atomic E-state index is 0.187. The summed E-state index contributed by atoms with van der Waals surface area (Å²) in [5.41, 5.74) is 1.22. The summed E-state index contributed by atoms with van der Waals surface area (Å²) in [6, 6.07) is 4.42. The highest BCUT2D eigenvalue weighted by molar-refractivity contribution is 9.10. The first-order valence-corrected chi connectivity index (χ1v) is 9.67. The third kappa shape index (κ3) is 4.04. The van der Waals surface area contributed by atoms with E-state index in [4.69, 9.17) is 9.47 Å². The monoisotopic (exact) mass is 398 g/mol. The average molecular weight is 399 g/mol. The first kappa shape index (κ1) is 18.0. The van der Waals surface area contributed by atoms with Gasteiger partial charge < -0.3 is 19.9 Å². The van der Waals surface area contributed by atoms with Gasteiger partial charge in [-0.3, -0.25) is 4.90 Å². The molecule has 0 aromatic heterocycles. The van der Waals surface area contributed by atoms with Gasteiger partial charge in [-0.05, 0) is 59.3 Å². The lowest BCUT2D eigenvalue weighted by atomic mass is 9.85. The van der Waals surface area contributed by atoms with Gasteiger partial charge in [0.1, 0.15) is 0 Å². The Labute approximate surface area is 152 Å². The average Bonchev–Trinajstić information content (AvgIpc) is 2.61. The molecule has 2 heterocycles. The molecule has 1 atom stereocenters. The summed E-state index contributed by atoms with van der Waals surface area (Å²) in [6.07, 6.45) is 2.16. The fourth-order valence-electron chi connectivity index (χ4n) is 3.80. The van der Waals surface area contributed by atoms with Crippen LogP contribution in [0.4, 0.5) is 0 Å². The number of piperazine rings is 1. The predicted molar refractivity (Wildman–Crippen MR) is 97.7 cm³/mol. The number of halogens is 1. The van der Waals surface area contributed by atoms with Crippen LogP contribution in [-0.2, 0) is 4.74 Å². The summed E-state index contributed by atoms with van der Waals surface area (Å²) in [5.74, 6) is 1.32. The van der Waals surface area contributed by atoms with E-state index in [2.05, 4.69) is 32.2 Å². The van der Waals surface area contributed by atoms with E-state index in [0.717, 1.165) is 52.2 Å². The highest BCUT2D eigenvalue weighted by Crippen LogP contribution is 2.42. The number of nitrogens with zero attached hydrogens (tertiary/aromatic N) is 1. The van der Waals surface area contributed by atoms with Gasteiger partial charge in [0, 0.05) is 45.4 Å². The molecule has 1 aromatic carbocycles. The Hall–Kier alpha value is -0.820. The van der Waals surface area contributed by atoms with Crippen molar-refractivity contribution in [3.8, 4) is 11.5 Å². The van der Waals surface area contributed by atoms with Gasteiger partial charge in [-0.25, -0.2) is 0 Å². The van der Waals surface area contributed by atoms with Crippen molar-refractivity contribution in [1.29, 1.82) is 0 Å². The van der Waals surface area contributed by atoms with E-state index in [1.54, 1.807) is 0 Å². The molecule has 0 aliphatic carbocycles. The Bertz CT molecular complexity index is 525. The van der Waals surface area contributed by atoms with Crippen LogP contribution in [0.3, 0.4) is 0 Å². The van der Waals surface area contributed by atoms with Gasteiger partial charge in [0.15, 0.2) is 11.5 Å². The number of rotatable bonds is 5. The fourth-order valence-corrected chi connectivity index (χ4v) is 4.26. The van der Waals surface area contributed by atoms with Crippen LogP contribution < -0.4 is 10.1 Å². The summed E-state index contributed by atoms with van der Waals surface area (Å²) in [6.45, 7) is 8.30. The standard InChI is InChI=1S/C18H27BrN2O3/c1-2-24-16-12-14(11-15(19)18(16)22)17(13-3-9-23-10-4-13)21-7-5-20-6-8-21/h11-13,17,20,22H,2-10H2,1H3/t17-/m1/s1. The van der Waals surface area contributed by atoms with Crippen LogP contribution in [0, 0.1) is 5.92 Å². The molecular weight excluding hydrogens is 372 g/mol. The molecule has 2 saturated heterocycles. The van der Waals surface area contributed by atoms with Crippen LogP contribution in [0.1, 0.15) is 31.4 Å². The van der Waals surface area contributed by atoms with E-state index in [1.165, 1.54) is 5.56 Å². The van der Waals surface area contributed by atoms with Crippen molar-refractivity contribution in [2.24, 2.45) is 5.92 Å². The zero-order valence-corrected chi connectivity index (χ0v) is 15.8. The molecule has 2 fully saturated rings. The van der Waals surface area contributed by atoms with Crippen molar-refractivity contribution in [3.05, 3.63) is 22.2 Å². The van der Waals surface area contributed by atoms with Crippen LogP contribution in [0.25, 0.3) is 0 Å². The topological polar surface area (TPSA) is 54.0 Å². The lowest BCUT2D eigenvalue weighted by Crippen LogP contribution is -2.47. The van der Waals surface area contributed by atoms with Crippen molar-refractivity contribution in [2.45, 2.75) is 25.8 Å². The van der Waals surface area contributed by atoms with Gasteiger partial charge in [0.05, 0.1) is 11.1 Å². The van der Waals surface area contributed by atoms with E-state index in [0.29, 0.717) is 28.8 Å². The molecule has 0 unspecified atom stereocenters. The van der Waals surface area contributed by atoms with Crippen molar-refractivity contribution in [1.82, 2.24) is 10.2 Å². The number of ether oxygens (including phenoxy) is 2. The molecule has 0 bridgehead atoms. The number of phenols is 1. The van der Waals surface area contributed by atoms with Crippen molar-refractivity contribution < 1.29 is 14.6 Å². The lowest BCUT2D eigenvalue weighted by molar-refractivity contribution is 0.0212. The maximum Gasteiger partial charge on any atom is 0.172 e. The second-order valence-corrected chi connectivity index (χ2v) is 7.32. The number of aromatic hydroxyl groups is 1. The molecule has 5 nitrogen and oxygen atoms in total. The summed E-state index contributed by atoms with van der Waals surface area (Å²) in [7, 11) is 0. The second kappa shape index (κ2) is 8.52. The molecule has 134 valence electrons. The maximum absolute atomic E-state index is 10.2. The van der Waals surface area contributed by atoms with Crippen molar-refractivity contribution in [2.75, 3.05) is 46.0 Å². The minimum Gasteiger partial charge on any atom is -0.503 e. The summed E-state index contributed by atoms with van der Waals surface area (Å²) >= 11 is 3.50. The first-order chi connectivity index (χ1) is 11.7. The van der Waals surface area contributed by atoms with E-state index in [-0.39, 0.29) is 5.75 Å². The van der Waals surface area contributed by atoms with E-state index >= 15 is 0 Å². The van der Waals surface area contributed by atoms with Crippen LogP contribution >= 0.6 is 15.9 Å². The van der Waals surface area contributed by atoms with Crippen LogP contribution in [-0.4, -0.2) is 56.0 Å². The molecule has 24 heavy (non-hydrogen) atoms. The van der Waals surface area contributed by atoms with Crippen LogP contribution in [0.5, 0.6) is 11.5 Å². The van der Waals surface area contributed by atoms with Crippen LogP contribution in [0.2, 0.25) is 0 Å². The Kier molecular flexibility index (Phi) is 6.38.